The Morgan fingerprint density at radius 2 is 2.24 bits per heavy atom. The Labute approximate surface area is 182 Å². The summed E-state index contributed by atoms with van der Waals surface area (Å²) in [6.45, 7) is 2.08. The smallest absolute Gasteiger partial charge is 0.246 e. The highest BCUT2D eigenvalue weighted by molar-refractivity contribution is 9.10. The molecule has 0 fully saturated rings. The van der Waals surface area contributed by atoms with Crippen LogP contribution in [0.25, 0.3) is 10.2 Å². The van der Waals surface area contributed by atoms with E-state index in [1.807, 2.05) is 54.2 Å². The second kappa shape index (κ2) is 8.61. The molecule has 3 aromatic rings. The molecule has 4 rings (SSSR count). The summed E-state index contributed by atoms with van der Waals surface area (Å²) in [7, 11) is 3.97. The Balaban J connectivity index is 1.59. The van der Waals surface area contributed by atoms with E-state index >= 15 is 0 Å². The Bertz CT molecular complexity index is 1080. The van der Waals surface area contributed by atoms with Crippen LogP contribution in [0, 0.1) is 0 Å². The molecule has 1 aromatic carbocycles. The zero-order chi connectivity index (χ0) is 20.4. The predicted molar refractivity (Wildman–Crippen MR) is 122 cm³/mol. The van der Waals surface area contributed by atoms with Crippen molar-refractivity contribution in [3.05, 3.63) is 57.7 Å². The lowest BCUT2D eigenvalue weighted by atomic mass is 10.0. The van der Waals surface area contributed by atoms with Gasteiger partial charge in [0.25, 0.3) is 0 Å². The number of anilines is 2. The number of nitrogens with zero attached hydrogens (tertiary/aromatic N) is 4. The van der Waals surface area contributed by atoms with Crippen molar-refractivity contribution in [2.45, 2.75) is 13.0 Å². The first-order valence-electron chi connectivity index (χ1n) is 9.39. The quantitative estimate of drug-likeness (QED) is 0.564. The highest BCUT2D eigenvalue weighted by Crippen LogP contribution is 2.38. The minimum Gasteiger partial charge on any atom is -0.340 e. The topological polar surface area (TPSA) is 61.4 Å². The number of thiophene rings is 1. The second-order valence-corrected chi connectivity index (χ2v) is 9.22. The molecule has 8 heteroatoms. The molecular weight excluding hydrogens is 450 g/mol. The summed E-state index contributed by atoms with van der Waals surface area (Å²) in [6, 6.07) is 8.01. The monoisotopic (exact) mass is 471 g/mol. The van der Waals surface area contributed by atoms with Gasteiger partial charge in [-0.2, -0.15) is 0 Å². The van der Waals surface area contributed by atoms with Gasteiger partial charge in [-0.15, -0.1) is 11.3 Å². The fourth-order valence-electron chi connectivity index (χ4n) is 3.38. The number of halogens is 1. The predicted octanol–water partition coefficient (Wildman–Crippen LogP) is 4.20. The normalized spacial score (nSPS) is 14.0. The first kappa shape index (κ1) is 20.0. The van der Waals surface area contributed by atoms with Crippen molar-refractivity contribution in [1.29, 1.82) is 0 Å². The van der Waals surface area contributed by atoms with E-state index < -0.39 is 0 Å². The molecule has 0 bridgehead atoms. The Morgan fingerprint density at radius 3 is 3.03 bits per heavy atom. The summed E-state index contributed by atoms with van der Waals surface area (Å²) in [5.74, 6) is 0.879. The van der Waals surface area contributed by atoms with E-state index in [9.17, 15) is 4.79 Å². The van der Waals surface area contributed by atoms with Crippen LogP contribution >= 0.6 is 27.3 Å². The van der Waals surface area contributed by atoms with Crippen molar-refractivity contribution in [3.8, 4) is 0 Å². The number of carbonyl (C=O) groups excluding carboxylic acids is 1. The first-order valence-corrected chi connectivity index (χ1v) is 11.0. The van der Waals surface area contributed by atoms with Gasteiger partial charge in [-0.05, 0) is 44.3 Å². The highest BCUT2D eigenvalue weighted by Gasteiger charge is 2.25. The molecule has 1 aliphatic rings. The number of benzene rings is 1. The summed E-state index contributed by atoms with van der Waals surface area (Å²) in [5.41, 5.74) is 2.22. The highest BCUT2D eigenvalue weighted by atomic mass is 79.9. The average Bonchev–Trinajstić information content (AvgIpc) is 3.06. The van der Waals surface area contributed by atoms with Crippen LogP contribution in [-0.4, -0.2) is 52.9 Å². The molecule has 1 amide bonds. The van der Waals surface area contributed by atoms with Gasteiger partial charge < -0.3 is 15.1 Å². The van der Waals surface area contributed by atoms with Gasteiger partial charge >= 0.3 is 0 Å². The number of rotatable bonds is 5. The molecule has 2 aromatic heterocycles. The maximum absolute atomic E-state index is 12.5. The maximum atomic E-state index is 12.5. The molecule has 0 saturated heterocycles. The maximum Gasteiger partial charge on any atom is 0.246 e. The summed E-state index contributed by atoms with van der Waals surface area (Å²) in [6.07, 6.45) is 5.99. The van der Waals surface area contributed by atoms with Crippen molar-refractivity contribution in [1.82, 2.24) is 19.8 Å². The zero-order valence-corrected chi connectivity index (χ0v) is 18.8. The summed E-state index contributed by atoms with van der Waals surface area (Å²) in [4.78, 5) is 27.6. The number of carbonyl (C=O) groups is 1. The Morgan fingerprint density at radius 1 is 1.38 bits per heavy atom. The standard InChI is InChI=1S/C21H22BrN5OS/c1-26(2)9-4-7-18(28)27-10-8-16-17(12-27)29-21-19(16)20(23-13-24-21)25-15-6-3-5-14(22)11-15/h3-7,11,13H,8-10,12H2,1-2H3,(H,23,24,25)/b7-4+. The molecule has 0 unspecified atom stereocenters. The van der Waals surface area contributed by atoms with Crippen molar-refractivity contribution in [3.63, 3.8) is 0 Å². The molecule has 1 N–H and O–H groups in total. The number of fused-ring (bicyclic) bond motifs is 3. The lowest BCUT2D eigenvalue weighted by Gasteiger charge is -2.26. The van der Waals surface area contributed by atoms with Crippen LogP contribution in [-0.2, 0) is 17.8 Å². The summed E-state index contributed by atoms with van der Waals surface area (Å²) >= 11 is 5.16. The van der Waals surface area contributed by atoms with E-state index in [4.69, 9.17) is 0 Å². The lowest BCUT2D eigenvalue weighted by Crippen LogP contribution is -2.34. The van der Waals surface area contributed by atoms with Gasteiger partial charge in [-0.25, -0.2) is 9.97 Å². The van der Waals surface area contributed by atoms with Crippen molar-refractivity contribution < 1.29 is 4.79 Å². The number of amides is 1. The third kappa shape index (κ3) is 4.49. The van der Waals surface area contributed by atoms with Crippen molar-refractivity contribution in [2.75, 3.05) is 32.5 Å². The molecule has 0 atom stereocenters. The van der Waals surface area contributed by atoms with Gasteiger partial charge in [0.15, 0.2) is 0 Å². The molecule has 0 saturated carbocycles. The number of nitrogens with one attached hydrogen (secondary N) is 1. The molecule has 0 radical (unpaired) electrons. The lowest BCUT2D eigenvalue weighted by molar-refractivity contribution is -0.126. The van der Waals surface area contributed by atoms with E-state index in [2.05, 4.69) is 31.2 Å². The van der Waals surface area contributed by atoms with Crippen LogP contribution in [0.2, 0.25) is 0 Å². The molecule has 0 aliphatic carbocycles. The molecule has 150 valence electrons. The van der Waals surface area contributed by atoms with Crippen molar-refractivity contribution >= 4 is 54.9 Å². The van der Waals surface area contributed by atoms with Gasteiger partial charge in [0.1, 0.15) is 17.0 Å². The van der Waals surface area contributed by atoms with Crippen LogP contribution in [0.1, 0.15) is 10.4 Å². The molecule has 1 aliphatic heterocycles. The summed E-state index contributed by atoms with van der Waals surface area (Å²) < 4.78 is 1.01. The Kier molecular flexibility index (Phi) is 5.94. The Hall–Kier alpha value is -2.29. The fraction of sp³-hybridized carbons (Fsp3) is 0.286. The van der Waals surface area contributed by atoms with Gasteiger partial charge in [0.2, 0.25) is 5.91 Å². The van der Waals surface area contributed by atoms with Crippen LogP contribution in [0.3, 0.4) is 0 Å². The van der Waals surface area contributed by atoms with Crippen LogP contribution in [0.4, 0.5) is 11.5 Å². The number of hydrogen-bond acceptors (Lipinski definition) is 6. The molecule has 3 heterocycles. The van der Waals surface area contributed by atoms with Crippen LogP contribution < -0.4 is 5.32 Å². The average molecular weight is 472 g/mol. The SMILES string of the molecule is CN(C)C/C=C/C(=O)N1CCc2c(sc3ncnc(Nc4cccc(Br)c4)c23)C1. The molecular formula is C21H22BrN5OS. The zero-order valence-electron chi connectivity index (χ0n) is 16.4. The van der Waals surface area contributed by atoms with E-state index in [0.29, 0.717) is 13.1 Å². The summed E-state index contributed by atoms with van der Waals surface area (Å²) in [5, 5.41) is 4.50. The third-order valence-electron chi connectivity index (χ3n) is 4.77. The van der Waals surface area contributed by atoms with Gasteiger partial charge in [0.05, 0.1) is 11.9 Å². The van der Waals surface area contributed by atoms with E-state index in [0.717, 1.165) is 39.2 Å². The van der Waals surface area contributed by atoms with E-state index in [1.54, 1.807) is 23.7 Å². The van der Waals surface area contributed by atoms with Gasteiger partial charge in [-0.3, -0.25) is 4.79 Å². The minimum atomic E-state index is 0.0634. The number of hydrogen-bond donors (Lipinski definition) is 1. The number of likely N-dealkylation sites (N-methyl/N-ethyl adjacent to an activating group) is 1. The second-order valence-electron chi connectivity index (χ2n) is 7.22. The van der Waals surface area contributed by atoms with Crippen molar-refractivity contribution in [2.24, 2.45) is 0 Å². The van der Waals surface area contributed by atoms with E-state index in [-0.39, 0.29) is 5.91 Å². The molecule has 29 heavy (non-hydrogen) atoms. The molecule has 6 nitrogen and oxygen atoms in total. The van der Waals surface area contributed by atoms with Crippen LogP contribution in [0.5, 0.6) is 0 Å². The first-order chi connectivity index (χ1) is 14.0. The minimum absolute atomic E-state index is 0.0634. The van der Waals surface area contributed by atoms with Crippen LogP contribution in [0.15, 0.2) is 47.2 Å². The number of aromatic nitrogens is 2. The third-order valence-corrected chi connectivity index (χ3v) is 6.38. The van der Waals surface area contributed by atoms with Gasteiger partial charge in [0, 0.05) is 34.2 Å². The largest absolute Gasteiger partial charge is 0.340 e. The van der Waals surface area contributed by atoms with E-state index in [1.165, 1.54) is 10.4 Å². The molecule has 0 spiro atoms. The fourth-order valence-corrected chi connectivity index (χ4v) is 4.99. The van der Waals surface area contributed by atoms with Gasteiger partial charge in [-0.1, -0.05) is 28.1 Å².